The number of aryl methyl sites for hydroxylation is 1. The molecule has 11 heteroatoms. The summed E-state index contributed by atoms with van der Waals surface area (Å²) < 4.78 is 42.8. The van der Waals surface area contributed by atoms with Crippen LogP contribution in [0.25, 0.3) is 6.08 Å². The van der Waals surface area contributed by atoms with Gasteiger partial charge in [-0.2, -0.15) is 8.42 Å². The molecule has 0 aromatic heterocycles. The maximum Gasteiger partial charge on any atom is 0.339 e. The van der Waals surface area contributed by atoms with Crippen LogP contribution in [0.3, 0.4) is 0 Å². The van der Waals surface area contributed by atoms with Crippen LogP contribution in [-0.2, 0) is 14.9 Å². The van der Waals surface area contributed by atoms with Crippen molar-refractivity contribution < 1.29 is 31.7 Å². The fourth-order valence-electron chi connectivity index (χ4n) is 3.49. The van der Waals surface area contributed by atoms with Crippen molar-refractivity contribution >= 4 is 61.7 Å². The monoisotopic (exact) mass is 665 g/mol. The number of ether oxygens (including phenoxy) is 2. The number of nitrogens with zero attached hydrogens (tertiary/aromatic N) is 1. The Morgan fingerprint density at radius 3 is 2.39 bits per heavy atom. The summed E-state index contributed by atoms with van der Waals surface area (Å²) in [6.45, 7) is 4.28. The molecular formula is C27H24INO7S2. The van der Waals surface area contributed by atoms with E-state index in [1.807, 2.05) is 53.8 Å². The van der Waals surface area contributed by atoms with Gasteiger partial charge in [-0.15, -0.1) is 0 Å². The van der Waals surface area contributed by atoms with Crippen LogP contribution in [0.4, 0.5) is 4.79 Å². The van der Waals surface area contributed by atoms with Gasteiger partial charge < -0.3 is 13.7 Å². The van der Waals surface area contributed by atoms with Gasteiger partial charge in [-0.25, -0.2) is 0 Å². The second-order valence-electron chi connectivity index (χ2n) is 8.11. The van der Waals surface area contributed by atoms with Crippen molar-refractivity contribution in [2.24, 2.45) is 0 Å². The van der Waals surface area contributed by atoms with Gasteiger partial charge in [0.25, 0.3) is 11.1 Å². The van der Waals surface area contributed by atoms with Gasteiger partial charge in [0, 0.05) is 0 Å². The zero-order chi connectivity index (χ0) is 27.3. The molecule has 1 aliphatic rings. The first-order valence-electron chi connectivity index (χ1n) is 11.6. The van der Waals surface area contributed by atoms with E-state index >= 15 is 0 Å². The highest BCUT2D eigenvalue weighted by Crippen LogP contribution is 2.38. The zero-order valence-electron chi connectivity index (χ0n) is 20.5. The Labute approximate surface area is 239 Å². The minimum Gasteiger partial charge on any atom is -0.492 e. The molecule has 1 saturated heterocycles. The second kappa shape index (κ2) is 12.2. The average molecular weight is 666 g/mol. The molecule has 4 rings (SSSR count). The molecule has 0 bridgehead atoms. The van der Waals surface area contributed by atoms with E-state index in [4.69, 9.17) is 13.7 Å². The summed E-state index contributed by atoms with van der Waals surface area (Å²) in [6, 6.07) is 18.6. The normalized spacial score (nSPS) is 14.7. The third kappa shape index (κ3) is 6.69. The fraction of sp³-hybridized carbons (Fsp3) is 0.185. The van der Waals surface area contributed by atoms with Crippen LogP contribution in [0.1, 0.15) is 18.1 Å². The summed E-state index contributed by atoms with van der Waals surface area (Å²) in [4.78, 5) is 26.9. The number of amides is 2. The Morgan fingerprint density at radius 1 is 1.00 bits per heavy atom. The van der Waals surface area contributed by atoms with Crippen LogP contribution < -0.4 is 13.7 Å². The maximum absolute atomic E-state index is 12.9. The van der Waals surface area contributed by atoms with Crippen LogP contribution in [-0.4, -0.2) is 44.2 Å². The van der Waals surface area contributed by atoms with Crippen LogP contribution >= 0.6 is 34.4 Å². The predicted octanol–water partition coefficient (Wildman–Crippen LogP) is 5.88. The Bertz CT molecular complexity index is 1470. The summed E-state index contributed by atoms with van der Waals surface area (Å²) in [7, 11) is -4.09. The standard InChI is InChI=1S/C27H24INO7S2/c1-3-34-23-16-19(15-22(28)25(23)36-38(32,33)21-7-5-4-6-8-21)17-24-26(30)29(27(31)37-24)13-14-35-20-11-9-18(2)10-12-20/h4-12,15-17H,3,13-14H2,1-2H3/b24-17-. The Morgan fingerprint density at radius 2 is 1.71 bits per heavy atom. The SMILES string of the molecule is CCOc1cc(/C=C2\SC(=O)N(CCOc3ccc(C)cc3)C2=O)cc(I)c1OS(=O)(=O)c1ccccc1. The third-order valence-electron chi connectivity index (χ3n) is 5.33. The van der Waals surface area contributed by atoms with Gasteiger partial charge in [0.2, 0.25) is 0 Å². The average Bonchev–Trinajstić information content (AvgIpc) is 3.15. The van der Waals surface area contributed by atoms with Gasteiger partial charge in [-0.05, 0) is 96.2 Å². The Kier molecular flexibility index (Phi) is 9.00. The second-order valence-corrected chi connectivity index (χ2v) is 11.8. The van der Waals surface area contributed by atoms with Crippen molar-refractivity contribution in [2.75, 3.05) is 19.8 Å². The molecule has 0 saturated carbocycles. The molecule has 3 aromatic rings. The Balaban J connectivity index is 1.51. The smallest absolute Gasteiger partial charge is 0.339 e. The van der Waals surface area contributed by atoms with Crippen LogP contribution in [0.2, 0.25) is 0 Å². The predicted molar refractivity (Wildman–Crippen MR) is 154 cm³/mol. The van der Waals surface area contributed by atoms with Crippen molar-refractivity contribution in [3.8, 4) is 17.2 Å². The molecule has 1 aliphatic heterocycles. The quantitative estimate of drug-likeness (QED) is 0.151. The number of hydrogen-bond acceptors (Lipinski definition) is 8. The van der Waals surface area contributed by atoms with E-state index in [0.29, 0.717) is 14.9 Å². The van der Waals surface area contributed by atoms with Crippen molar-refractivity contribution in [3.05, 3.63) is 86.3 Å². The summed E-state index contributed by atoms with van der Waals surface area (Å²) >= 11 is 2.79. The molecule has 38 heavy (non-hydrogen) atoms. The molecule has 0 spiro atoms. The summed E-state index contributed by atoms with van der Waals surface area (Å²) in [6.07, 6.45) is 1.58. The van der Waals surface area contributed by atoms with Gasteiger partial charge in [0.1, 0.15) is 17.3 Å². The lowest BCUT2D eigenvalue weighted by Gasteiger charge is -2.15. The molecule has 0 radical (unpaired) electrons. The largest absolute Gasteiger partial charge is 0.492 e. The highest BCUT2D eigenvalue weighted by molar-refractivity contribution is 14.1. The van der Waals surface area contributed by atoms with E-state index in [1.165, 1.54) is 12.1 Å². The number of imide groups is 1. The number of thioether (sulfide) groups is 1. The molecule has 198 valence electrons. The van der Waals surface area contributed by atoms with Gasteiger partial charge in [-0.1, -0.05) is 35.9 Å². The molecule has 1 fully saturated rings. The third-order valence-corrected chi connectivity index (χ3v) is 8.28. The lowest BCUT2D eigenvalue weighted by atomic mass is 10.2. The molecule has 2 amide bonds. The van der Waals surface area contributed by atoms with Crippen molar-refractivity contribution in [1.29, 1.82) is 0 Å². The highest BCUT2D eigenvalue weighted by Gasteiger charge is 2.35. The number of carbonyl (C=O) groups is 2. The lowest BCUT2D eigenvalue weighted by Crippen LogP contribution is -2.32. The summed E-state index contributed by atoms with van der Waals surface area (Å²) in [5.41, 5.74) is 1.66. The Hall–Kier alpha value is -3.03. The first-order chi connectivity index (χ1) is 18.2. The zero-order valence-corrected chi connectivity index (χ0v) is 24.3. The van der Waals surface area contributed by atoms with Crippen LogP contribution in [0, 0.1) is 10.5 Å². The first-order valence-corrected chi connectivity index (χ1v) is 14.9. The topological polar surface area (TPSA) is 99.2 Å². The van der Waals surface area contributed by atoms with Crippen molar-refractivity contribution in [1.82, 2.24) is 4.90 Å². The van der Waals surface area contributed by atoms with E-state index in [-0.39, 0.29) is 46.3 Å². The first kappa shape index (κ1) is 28.0. The van der Waals surface area contributed by atoms with Crippen LogP contribution in [0.15, 0.2) is 76.5 Å². The van der Waals surface area contributed by atoms with E-state index in [0.717, 1.165) is 22.2 Å². The summed E-state index contributed by atoms with van der Waals surface area (Å²) in [5, 5.41) is -0.387. The van der Waals surface area contributed by atoms with Crippen molar-refractivity contribution in [2.45, 2.75) is 18.7 Å². The highest BCUT2D eigenvalue weighted by atomic mass is 127. The number of benzene rings is 3. The van der Waals surface area contributed by atoms with E-state index in [2.05, 4.69) is 0 Å². The van der Waals surface area contributed by atoms with Gasteiger partial charge in [0.15, 0.2) is 11.5 Å². The molecule has 0 unspecified atom stereocenters. The number of hydrogen-bond donors (Lipinski definition) is 0. The van der Waals surface area contributed by atoms with Gasteiger partial charge in [-0.3, -0.25) is 14.5 Å². The van der Waals surface area contributed by atoms with Gasteiger partial charge in [0.05, 0.1) is 21.6 Å². The number of halogens is 1. The molecule has 0 aliphatic carbocycles. The maximum atomic E-state index is 12.9. The molecular weight excluding hydrogens is 641 g/mol. The molecule has 8 nitrogen and oxygen atoms in total. The van der Waals surface area contributed by atoms with Crippen LogP contribution in [0.5, 0.6) is 17.2 Å². The molecule has 0 atom stereocenters. The number of rotatable bonds is 10. The van der Waals surface area contributed by atoms with E-state index < -0.39 is 16.0 Å². The van der Waals surface area contributed by atoms with Gasteiger partial charge >= 0.3 is 10.1 Å². The minimum absolute atomic E-state index is 0.0161. The van der Waals surface area contributed by atoms with E-state index in [1.54, 1.807) is 43.3 Å². The van der Waals surface area contributed by atoms with E-state index in [9.17, 15) is 18.0 Å². The molecule has 3 aromatic carbocycles. The number of carbonyl (C=O) groups excluding carboxylic acids is 2. The minimum atomic E-state index is -4.09. The fourth-order valence-corrected chi connectivity index (χ4v) is 6.22. The van der Waals surface area contributed by atoms with Crippen molar-refractivity contribution in [3.63, 3.8) is 0 Å². The summed E-state index contributed by atoms with van der Waals surface area (Å²) in [5.74, 6) is 0.492. The molecule has 0 N–H and O–H groups in total. The molecule has 1 heterocycles. The lowest BCUT2D eigenvalue weighted by molar-refractivity contribution is -0.123.